The van der Waals surface area contributed by atoms with Crippen LogP contribution in [0.25, 0.3) is 0 Å². The fraction of sp³-hybridized carbons (Fsp3) is 0.676. The first-order valence-corrected chi connectivity index (χ1v) is 20.4. The summed E-state index contributed by atoms with van der Waals surface area (Å²) in [6.07, 6.45) is 14.5. The van der Waals surface area contributed by atoms with Crippen LogP contribution in [0.4, 0.5) is 0 Å². The van der Waals surface area contributed by atoms with Crippen LogP contribution in [-0.4, -0.2) is 21.4 Å². The molecule has 0 aromatic heterocycles. The minimum atomic E-state index is -4.73. The molecule has 6 aliphatic carbocycles. The second-order valence-corrected chi connectivity index (χ2v) is 19.0. The second kappa shape index (κ2) is 10.8. The van der Waals surface area contributed by atoms with Crippen molar-refractivity contribution in [2.45, 2.75) is 131 Å². The van der Waals surface area contributed by atoms with E-state index in [4.69, 9.17) is 4.18 Å². The van der Waals surface area contributed by atoms with Crippen molar-refractivity contribution in [3.05, 3.63) is 52.1 Å². The van der Waals surface area contributed by atoms with Crippen molar-refractivity contribution in [1.82, 2.24) is 0 Å². The Balaban J connectivity index is 1.29. The third kappa shape index (κ3) is 5.20. The summed E-state index contributed by atoms with van der Waals surface area (Å²) in [5.41, 5.74) is 3.99. The van der Waals surface area contributed by atoms with E-state index in [9.17, 15) is 21.4 Å². The quantitative estimate of drug-likeness (QED) is 0.210. The molecule has 0 heterocycles. The minimum absolute atomic E-state index is 0.112. The average molecular weight is 652 g/mol. The van der Waals surface area contributed by atoms with Gasteiger partial charge in [0.15, 0.2) is 0 Å². The Kier molecular flexibility index (Phi) is 7.31. The van der Waals surface area contributed by atoms with Gasteiger partial charge in [-0.25, -0.2) is 8.42 Å². The Morgan fingerprint density at radius 3 is 1.58 bits per heavy atom. The SMILES string of the molecule is Cc1cc(S(=O)(=O)[O-])c(C(C)C)cc1OS(=O)(=O)c1c(C2CC3CCC2C3)cc(C2CC3CCC2C3)cc1C1CC2CCC1C2. The summed E-state index contributed by atoms with van der Waals surface area (Å²) in [6, 6.07) is 7.38. The highest BCUT2D eigenvalue weighted by atomic mass is 32.2. The van der Waals surface area contributed by atoms with Gasteiger partial charge in [-0.1, -0.05) is 45.2 Å². The molecule has 6 aliphatic rings. The van der Waals surface area contributed by atoms with Gasteiger partial charge in [-0.15, -0.1) is 0 Å². The topological polar surface area (TPSA) is 101 Å². The van der Waals surface area contributed by atoms with Crippen LogP contribution in [-0.2, 0) is 20.2 Å². The molecule has 2 aromatic carbocycles. The van der Waals surface area contributed by atoms with Crippen LogP contribution in [0.2, 0.25) is 0 Å². The van der Waals surface area contributed by atoms with Crippen molar-refractivity contribution in [3.8, 4) is 5.75 Å². The van der Waals surface area contributed by atoms with Crippen molar-refractivity contribution in [2.75, 3.05) is 0 Å². The number of aryl methyl sites for hydroxylation is 1. The van der Waals surface area contributed by atoms with Gasteiger partial charge in [-0.2, -0.15) is 8.42 Å². The van der Waals surface area contributed by atoms with Crippen LogP contribution in [0.3, 0.4) is 0 Å². The number of hydrogen-bond acceptors (Lipinski definition) is 6. The number of fused-ring (bicyclic) bond motifs is 6. The van der Waals surface area contributed by atoms with Crippen LogP contribution in [0.15, 0.2) is 34.1 Å². The second-order valence-electron chi connectivity index (χ2n) is 16.2. The van der Waals surface area contributed by atoms with Gasteiger partial charge in [0.25, 0.3) is 0 Å². The predicted molar refractivity (Wildman–Crippen MR) is 172 cm³/mol. The van der Waals surface area contributed by atoms with E-state index in [2.05, 4.69) is 12.1 Å². The zero-order valence-electron chi connectivity index (χ0n) is 26.8. The highest BCUT2D eigenvalue weighted by Gasteiger charge is 2.48. The summed E-state index contributed by atoms with van der Waals surface area (Å²) in [5, 5.41) is 0. The van der Waals surface area contributed by atoms with E-state index < -0.39 is 20.2 Å². The zero-order chi connectivity index (χ0) is 31.4. The molecule has 6 fully saturated rings. The number of hydrogen-bond donors (Lipinski definition) is 0. The third-order valence-electron chi connectivity index (χ3n) is 13.3. The third-order valence-corrected chi connectivity index (χ3v) is 15.5. The van der Waals surface area contributed by atoms with Crippen LogP contribution >= 0.6 is 0 Å². The Bertz CT molecular complexity index is 1690. The van der Waals surface area contributed by atoms with Crippen molar-refractivity contribution in [3.63, 3.8) is 0 Å². The molecule has 244 valence electrons. The Labute approximate surface area is 269 Å². The molecule has 6 saturated carbocycles. The first-order chi connectivity index (χ1) is 21.4. The number of rotatable bonds is 8. The summed E-state index contributed by atoms with van der Waals surface area (Å²) >= 11 is 0. The van der Waals surface area contributed by atoms with Crippen molar-refractivity contribution < 1.29 is 25.6 Å². The minimum Gasteiger partial charge on any atom is -0.744 e. The van der Waals surface area contributed by atoms with E-state index in [-0.39, 0.29) is 34.0 Å². The molecule has 0 N–H and O–H groups in total. The lowest BCUT2D eigenvalue weighted by Crippen LogP contribution is -2.23. The predicted octanol–water partition coefficient (Wildman–Crippen LogP) is 8.50. The van der Waals surface area contributed by atoms with Gasteiger partial charge in [-0.3, -0.25) is 0 Å². The highest BCUT2D eigenvalue weighted by molar-refractivity contribution is 7.87. The van der Waals surface area contributed by atoms with Crippen LogP contribution in [0.5, 0.6) is 5.75 Å². The molecule has 8 heteroatoms. The van der Waals surface area contributed by atoms with Crippen molar-refractivity contribution in [2.24, 2.45) is 35.5 Å². The van der Waals surface area contributed by atoms with Gasteiger partial charge in [0, 0.05) is 0 Å². The zero-order valence-corrected chi connectivity index (χ0v) is 28.5. The lowest BCUT2D eigenvalue weighted by molar-refractivity contribution is 0.392. The fourth-order valence-corrected chi connectivity index (χ4v) is 13.7. The van der Waals surface area contributed by atoms with E-state index in [1.807, 2.05) is 0 Å². The lowest BCUT2D eigenvalue weighted by atomic mass is 9.75. The van der Waals surface area contributed by atoms with Gasteiger partial charge in [-0.05, 0) is 164 Å². The van der Waals surface area contributed by atoms with E-state index in [1.165, 1.54) is 81.9 Å². The first-order valence-electron chi connectivity index (χ1n) is 17.6. The maximum atomic E-state index is 14.8. The standard InChI is InChI=1S/C37H48O6S2/c1-20(2)29-19-35(21(3)10-36(29)44(38,39)40)43-45(41,42)37-33(31-15-23-5-8-26(31)12-23)17-28(30-14-22-4-7-25(30)11-22)18-34(37)32-16-24-6-9-27(32)13-24/h10,17-20,22-27,30-32H,4-9,11-16H2,1-3H3,(H,38,39,40)/p-1. The van der Waals surface area contributed by atoms with Crippen LogP contribution in [0, 0.1) is 42.4 Å². The van der Waals surface area contributed by atoms with E-state index in [0.717, 1.165) is 29.9 Å². The van der Waals surface area contributed by atoms with Gasteiger partial charge in [0.1, 0.15) is 20.8 Å². The molecule has 0 amide bonds. The molecular weight excluding hydrogens is 605 g/mol. The van der Waals surface area contributed by atoms with Crippen LogP contribution in [0.1, 0.15) is 142 Å². The maximum absolute atomic E-state index is 14.8. The largest absolute Gasteiger partial charge is 0.744 e. The summed E-state index contributed by atoms with van der Waals surface area (Å²) in [7, 11) is -9.01. The monoisotopic (exact) mass is 651 g/mol. The van der Waals surface area contributed by atoms with E-state index in [0.29, 0.717) is 46.0 Å². The first kappa shape index (κ1) is 30.4. The molecule has 45 heavy (non-hydrogen) atoms. The van der Waals surface area contributed by atoms with Gasteiger partial charge in [0.05, 0.1) is 4.90 Å². The Morgan fingerprint density at radius 2 is 1.18 bits per heavy atom. The highest BCUT2D eigenvalue weighted by Crippen LogP contribution is 2.60. The molecular formula is C37H47O6S2-. The Hall–Kier alpha value is -1.90. The van der Waals surface area contributed by atoms with Crippen LogP contribution < -0.4 is 4.18 Å². The molecule has 6 nitrogen and oxygen atoms in total. The molecule has 2 aromatic rings. The normalized spacial score (nSPS) is 35.3. The maximum Gasteiger partial charge on any atom is 0.339 e. The smallest absolute Gasteiger partial charge is 0.339 e. The summed E-state index contributed by atoms with van der Waals surface area (Å²) in [6.45, 7) is 5.22. The number of benzene rings is 2. The summed E-state index contributed by atoms with van der Waals surface area (Å²) in [5.74, 6) is 4.69. The average Bonchev–Trinajstić information content (AvgIpc) is 3.85. The van der Waals surface area contributed by atoms with Crippen molar-refractivity contribution in [1.29, 1.82) is 0 Å². The van der Waals surface area contributed by atoms with Gasteiger partial charge >= 0.3 is 10.1 Å². The molecule has 0 aliphatic heterocycles. The fourth-order valence-electron chi connectivity index (χ4n) is 11.3. The molecule has 8 rings (SSSR count). The van der Waals surface area contributed by atoms with E-state index in [1.54, 1.807) is 20.8 Å². The van der Waals surface area contributed by atoms with Crippen molar-refractivity contribution >= 4 is 20.2 Å². The molecule has 0 spiro atoms. The molecule has 6 bridgehead atoms. The summed E-state index contributed by atoms with van der Waals surface area (Å²) < 4.78 is 72.1. The lowest BCUT2D eigenvalue weighted by Gasteiger charge is -2.32. The van der Waals surface area contributed by atoms with Gasteiger partial charge < -0.3 is 8.74 Å². The molecule has 0 saturated heterocycles. The molecule has 9 unspecified atom stereocenters. The Morgan fingerprint density at radius 1 is 0.689 bits per heavy atom. The van der Waals surface area contributed by atoms with Gasteiger partial charge in [0.2, 0.25) is 0 Å². The molecule has 9 atom stereocenters. The molecule has 0 radical (unpaired) electrons. The van der Waals surface area contributed by atoms with E-state index >= 15 is 0 Å². The summed E-state index contributed by atoms with van der Waals surface area (Å²) in [4.78, 5) is 0.107.